The molecular weight excluding hydrogens is 171 g/mol. The van der Waals surface area contributed by atoms with E-state index < -0.39 is 12.7 Å². The molecule has 0 atom stereocenters. The van der Waals surface area contributed by atoms with Crippen LogP contribution in [0.2, 0.25) is 0 Å². The molecule has 0 bridgehead atoms. The molecule has 0 unspecified atom stereocenters. The number of nitrogens with zero attached hydrogens (tertiary/aromatic N) is 2. The minimum Gasteiger partial charge on any atom is -0.374 e. The molecule has 6 heteroatoms. The van der Waals surface area contributed by atoms with Gasteiger partial charge in [0.1, 0.15) is 6.54 Å². The number of hydrogen-bond acceptors (Lipinski definition) is 2. The Balaban J connectivity index is 2.44. The fourth-order valence-electron chi connectivity index (χ4n) is 0.715. The van der Waals surface area contributed by atoms with Crippen molar-refractivity contribution in [2.75, 3.05) is 11.9 Å². The third-order valence-corrected chi connectivity index (χ3v) is 1.20. The first-order valence-electron chi connectivity index (χ1n) is 3.27. The second kappa shape index (κ2) is 3.04. The summed E-state index contributed by atoms with van der Waals surface area (Å²) < 4.78 is 36.4. The van der Waals surface area contributed by atoms with Crippen LogP contribution in [0.25, 0.3) is 0 Å². The largest absolute Gasteiger partial charge is 0.405 e. The van der Waals surface area contributed by atoms with E-state index in [1.54, 1.807) is 7.05 Å². The van der Waals surface area contributed by atoms with Crippen molar-refractivity contribution in [3.63, 3.8) is 0 Å². The summed E-state index contributed by atoms with van der Waals surface area (Å²) in [7, 11) is 1.64. The number of nitrogens with one attached hydrogen (secondary N) is 1. The van der Waals surface area contributed by atoms with Gasteiger partial charge in [0.05, 0.1) is 11.9 Å². The highest BCUT2D eigenvalue weighted by molar-refractivity contribution is 5.37. The molecular formula is C6H8F3N3. The molecule has 0 aromatic carbocycles. The topological polar surface area (TPSA) is 29.9 Å². The van der Waals surface area contributed by atoms with Gasteiger partial charge in [0, 0.05) is 13.2 Å². The summed E-state index contributed by atoms with van der Waals surface area (Å²) in [6.07, 6.45) is -1.37. The van der Waals surface area contributed by atoms with Gasteiger partial charge in [0.2, 0.25) is 0 Å². The maximum atomic E-state index is 11.7. The lowest BCUT2D eigenvalue weighted by Crippen LogP contribution is -2.20. The summed E-state index contributed by atoms with van der Waals surface area (Å²) in [4.78, 5) is 0. The molecule has 0 aliphatic rings. The highest BCUT2D eigenvalue weighted by Gasteiger charge is 2.26. The average molecular weight is 179 g/mol. The van der Waals surface area contributed by atoms with Crippen LogP contribution < -0.4 is 5.32 Å². The highest BCUT2D eigenvalue weighted by atomic mass is 19.4. The molecule has 12 heavy (non-hydrogen) atoms. The first-order chi connectivity index (χ1) is 5.47. The zero-order valence-corrected chi connectivity index (χ0v) is 6.39. The summed E-state index contributed by atoms with van der Waals surface area (Å²) in [5.41, 5.74) is 0.370. The molecule has 0 amide bonds. The Morgan fingerprint density at radius 3 is 2.67 bits per heavy atom. The van der Waals surface area contributed by atoms with Crippen molar-refractivity contribution in [3.8, 4) is 0 Å². The van der Waals surface area contributed by atoms with Crippen LogP contribution in [-0.4, -0.2) is 22.5 Å². The van der Waals surface area contributed by atoms with Crippen molar-refractivity contribution in [3.05, 3.63) is 12.4 Å². The molecule has 0 fully saturated rings. The van der Waals surface area contributed by atoms with Crippen molar-refractivity contribution in [1.29, 1.82) is 0 Å². The maximum absolute atomic E-state index is 11.7. The number of halogens is 3. The van der Waals surface area contributed by atoms with Gasteiger partial charge in [0.25, 0.3) is 0 Å². The minimum atomic E-state index is -4.18. The first-order valence-corrected chi connectivity index (χ1v) is 3.27. The smallest absolute Gasteiger partial charge is 0.374 e. The summed E-state index contributed by atoms with van der Waals surface area (Å²) in [6.45, 7) is -1.03. The molecule has 1 aromatic heterocycles. The molecule has 0 saturated carbocycles. The zero-order chi connectivity index (χ0) is 9.19. The van der Waals surface area contributed by atoms with Crippen LogP contribution in [0.15, 0.2) is 12.4 Å². The Morgan fingerprint density at radius 1 is 1.58 bits per heavy atom. The van der Waals surface area contributed by atoms with Crippen LogP contribution in [0.1, 0.15) is 0 Å². The first kappa shape index (κ1) is 8.89. The standard InChI is InChI=1S/C6H8F3N3/c1-12-3-5(2-11-12)10-4-6(7,8)9/h2-3,10H,4H2,1H3. The van der Waals surface area contributed by atoms with E-state index in [4.69, 9.17) is 0 Å². The van der Waals surface area contributed by atoms with E-state index in [0.717, 1.165) is 0 Å². The van der Waals surface area contributed by atoms with E-state index >= 15 is 0 Å². The fourth-order valence-corrected chi connectivity index (χ4v) is 0.715. The second-order valence-electron chi connectivity index (χ2n) is 2.37. The molecule has 68 valence electrons. The lowest BCUT2D eigenvalue weighted by molar-refractivity contribution is -0.115. The van der Waals surface area contributed by atoms with Gasteiger partial charge in [-0.15, -0.1) is 0 Å². The molecule has 0 spiro atoms. The molecule has 0 aliphatic carbocycles. The van der Waals surface area contributed by atoms with Crippen molar-refractivity contribution in [2.24, 2.45) is 7.05 Å². The number of aryl methyl sites for hydroxylation is 1. The number of aromatic nitrogens is 2. The molecule has 0 radical (unpaired) electrons. The van der Waals surface area contributed by atoms with Gasteiger partial charge in [-0.25, -0.2) is 0 Å². The van der Waals surface area contributed by atoms with E-state index in [1.807, 2.05) is 0 Å². The molecule has 1 rings (SSSR count). The van der Waals surface area contributed by atoms with E-state index in [2.05, 4.69) is 10.4 Å². The van der Waals surface area contributed by atoms with Crippen molar-refractivity contribution in [2.45, 2.75) is 6.18 Å². The van der Waals surface area contributed by atoms with Crippen LogP contribution in [-0.2, 0) is 7.05 Å². The van der Waals surface area contributed by atoms with E-state index in [1.165, 1.54) is 17.1 Å². The van der Waals surface area contributed by atoms with Crippen LogP contribution in [0.3, 0.4) is 0 Å². The summed E-state index contributed by atoms with van der Waals surface area (Å²) in [5.74, 6) is 0. The van der Waals surface area contributed by atoms with Crippen LogP contribution in [0, 0.1) is 0 Å². The van der Waals surface area contributed by atoms with E-state index in [-0.39, 0.29) is 0 Å². The monoisotopic (exact) mass is 179 g/mol. The van der Waals surface area contributed by atoms with Crippen molar-refractivity contribution >= 4 is 5.69 Å². The fraction of sp³-hybridized carbons (Fsp3) is 0.500. The number of alkyl halides is 3. The Labute approximate surface area is 67.2 Å². The number of hydrogen-bond donors (Lipinski definition) is 1. The second-order valence-corrected chi connectivity index (χ2v) is 2.37. The zero-order valence-electron chi connectivity index (χ0n) is 6.39. The normalized spacial score (nSPS) is 11.7. The minimum absolute atomic E-state index is 0.370. The Morgan fingerprint density at radius 2 is 2.25 bits per heavy atom. The number of anilines is 1. The predicted molar refractivity (Wildman–Crippen MR) is 37.8 cm³/mol. The Hall–Kier alpha value is -1.20. The lowest BCUT2D eigenvalue weighted by atomic mass is 10.5. The van der Waals surface area contributed by atoms with E-state index in [0.29, 0.717) is 5.69 Å². The lowest BCUT2D eigenvalue weighted by Gasteiger charge is -2.06. The van der Waals surface area contributed by atoms with Gasteiger partial charge in [-0.05, 0) is 0 Å². The quantitative estimate of drug-likeness (QED) is 0.743. The van der Waals surface area contributed by atoms with Crippen molar-refractivity contribution in [1.82, 2.24) is 9.78 Å². The molecule has 0 saturated heterocycles. The molecule has 1 N–H and O–H groups in total. The average Bonchev–Trinajstić information content (AvgIpc) is 2.30. The van der Waals surface area contributed by atoms with Gasteiger partial charge in [-0.2, -0.15) is 18.3 Å². The molecule has 1 aromatic rings. The third-order valence-electron chi connectivity index (χ3n) is 1.20. The van der Waals surface area contributed by atoms with Crippen LogP contribution >= 0.6 is 0 Å². The molecule has 1 heterocycles. The van der Waals surface area contributed by atoms with Crippen molar-refractivity contribution < 1.29 is 13.2 Å². The summed E-state index contributed by atoms with van der Waals surface area (Å²) in [5, 5.41) is 5.90. The SMILES string of the molecule is Cn1cc(NCC(F)(F)F)cn1. The van der Waals surface area contributed by atoms with Crippen LogP contribution in [0.5, 0.6) is 0 Å². The maximum Gasteiger partial charge on any atom is 0.405 e. The van der Waals surface area contributed by atoms with Crippen LogP contribution in [0.4, 0.5) is 18.9 Å². The molecule has 3 nitrogen and oxygen atoms in total. The molecule has 0 aliphatic heterocycles. The predicted octanol–water partition coefficient (Wildman–Crippen LogP) is 1.39. The highest BCUT2D eigenvalue weighted by Crippen LogP contribution is 2.15. The summed E-state index contributed by atoms with van der Waals surface area (Å²) in [6, 6.07) is 0. The summed E-state index contributed by atoms with van der Waals surface area (Å²) >= 11 is 0. The van der Waals surface area contributed by atoms with Gasteiger partial charge in [0.15, 0.2) is 0 Å². The third kappa shape index (κ3) is 2.81. The van der Waals surface area contributed by atoms with Gasteiger partial charge in [-0.3, -0.25) is 4.68 Å². The van der Waals surface area contributed by atoms with Gasteiger partial charge in [-0.1, -0.05) is 0 Å². The Kier molecular flexibility index (Phi) is 2.25. The Bertz CT molecular complexity index is 253. The van der Waals surface area contributed by atoms with Gasteiger partial charge >= 0.3 is 6.18 Å². The van der Waals surface area contributed by atoms with Gasteiger partial charge < -0.3 is 5.32 Å². The number of rotatable bonds is 2. The van der Waals surface area contributed by atoms with E-state index in [9.17, 15) is 13.2 Å².